The molecule has 40 heavy (non-hydrogen) atoms. The van der Waals surface area contributed by atoms with Gasteiger partial charge in [-0.25, -0.2) is 14.2 Å². The number of nitrogens with zero attached hydrogens (tertiary/aromatic N) is 3. The van der Waals surface area contributed by atoms with Crippen molar-refractivity contribution >= 4 is 29.5 Å². The number of hydrogen-bond acceptors (Lipinski definition) is 8. The molecule has 1 aliphatic rings. The molecule has 216 valence electrons. The number of hydrogen-bond donors (Lipinski definition) is 3. The van der Waals surface area contributed by atoms with Gasteiger partial charge < -0.3 is 25.4 Å². The minimum absolute atomic E-state index is 0.0120. The SMILES string of the molecule is COCCCNc1nc(Nc2cccc(F)c2)ncc1C#CC1CC(NC(=O)[C@H](C)N(C)C(=O)OC(C)(C)C)C1. The van der Waals surface area contributed by atoms with Crippen LogP contribution in [-0.2, 0) is 14.3 Å². The van der Waals surface area contributed by atoms with Crippen LogP contribution in [0.4, 0.5) is 26.6 Å². The first kappa shape index (κ1) is 30.6. The van der Waals surface area contributed by atoms with E-state index in [1.165, 1.54) is 17.0 Å². The van der Waals surface area contributed by atoms with Crippen molar-refractivity contribution < 1.29 is 23.5 Å². The van der Waals surface area contributed by atoms with E-state index in [2.05, 4.69) is 37.8 Å². The van der Waals surface area contributed by atoms with Gasteiger partial charge in [0.05, 0.1) is 11.8 Å². The van der Waals surface area contributed by atoms with Crippen molar-refractivity contribution in [2.45, 2.75) is 64.6 Å². The number of benzene rings is 1. The van der Waals surface area contributed by atoms with E-state index in [0.29, 0.717) is 49.0 Å². The van der Waals surface area contributed by atoms with Crippen molar-refractivity contribution in [1.82, 2.24) is 20.2 Å². The molecule has 2 aromatic rings. The molecule has 10 nitrogen and oxygen atoms in total. The van der Waals surface area contributed by atoms with Crippen molar-refractivity contribution in [3.8, 4) is 11.8 Å². The molecule has 1 aromatic carbocycles. The smallest absolute Gasteiger partial charge is 0.410 e. The number of halogens is 1. The first-order valence-corrected chi connectivity index (χ1v) is 13.4. The predicted octanol–water partition coefficient (Wildman–Crippen LogP) is 4.31. The molecule has 3 rings (SSSR count). The van der Waals surface area contributed by atoms with Gasteiger partial charge in [0, 0.05) is 45.0 Å². The summed E-state index contributed by atoms with van der Waals surface area (Å²) in [6.45, 7) is 8.25. The summed E-state index contributed by atoms with van der Waals surface area (Å²) in [7, 11) is 3.20. The Bertz CT molecular complexity index is 1230. The van der Waals surface area contributed by atoms with Crippen molar-refractivity contribution in [2.24, 2.45) is 5.92 Å². The van der Waals surface area contributed by atoms with Gasteiger partial charge in [0.1, 0.15) is 23.3 Å². The van der Waals surface area contributed by atoms with Gasteiger partial charge in [-0.05, 0) is 65.2 Å². The number of carbonyl (C=O) groups excluding carboxylic acids is 2. The average molecular weight is 555 g/mol. The van der Waals surface area contributed by atoms with Crippen LogP contribution < -0.4 is 16.0 Å². The van der Waals surface area contributed by atoms with Crippen molar-refractivity contribution in [3.63, 3.8) is 0 Å². The average Bonchev–Trinajstić information content (AvgIpc) is 2.86. The molecule has 0 bridgehead atoms. The maximum atomic E-state index is 13.6. The van der Waals surface area contributed by atoms with Crippen molar-refractivity contribution in [2.75, 3.05) is 37.9 Å². The van der Waals surface area contributed by atoms with Gasteiger partial charge in [-0.15, -0.1) is 0 Å². The lowest BCUT2D eigenvalue weighted by Crippen LogP contribution is -2.52. The van der Waals surface area contributed by atoms with Gasteiger partial charge in [0.15, 0.2) is 0 Å². The molecular formula is C29H39FN6O4. The van der Waals surface area contributed by atoms with E-state index in [1.807, 2.05) is 0 Å². The van der Waals surface area contributed by atoms with Crippen LogP contribution in [0.5, 0.6) is 0 Å². The molecule has 1 aliphatic carbocycles. The lowest BCUT2D eigenvalue weighted by molar-refractivity contribution is -0.126. The molecule has 0 unspecified atom stereocenters. The van der Waals surface area contributed by atoms with Gasteiger partial charge in [-0.1, -0.05) is 17.9 Å². The Balaban J connectivity index is 1.58. The van der Waals surface area contributed by atoms with Crippen molar-refractivity contribution in [1.29, 1.82) is 0 Å². The second kappa shape index (κ2) is 13.9. The number of carbonyl (C=O) groups is 2. The molecule has 0 spiro atoms. The third-order valence-corrected chi connectivity index (χ3v) is 6.22. The van der Waals surface area contributed by atoms with Crippen LogP contribution in [-0.4, -0.2) is 71.9 Å². The number of amides is 2. The highest BCUT2D eigenvalue weighted by Crippen LogP contribution is 2.27. The van der Waals surface area contributed by atoms with E-state index in [-0.39, 0.29) is 23.7 Å². The fourth-order valence-electron chi connectivity index (χ4n) is 3.81. The molecule has 3 N–H and O–H groups in total. The van der Waals surface area contributed by atoms with Crippen molar-refractivity contribution in [3.05, 3.63) is 41.8 Å². The first-order valence-electron chi connectivity index (χ1n) is 13.4. The Morgan fingerprint density at radius 1 is 1.27 bits per heavy atom. The number of ether oxygens (including phenoxy) is 2. The summed E-state index contributed by atoms with van der Waals surface area (Å²) in [6.07, 6.45) is 3.28. The second-order valence-corrected chi connectivity index (χ2v) is 10.8. The molecule has 0 radical (unpaired) electrons. The number of methoxy groups -OCH3 is 1. The minimum atomic E-state index is -0.664. The number of nitrogens with one attached hydrogen (secondary N) is 3. The van der Waals surface area contributed by atoms with Gasteiger partial charge in [0.2, 0.25) is 11.9 Å². The van der Waals surface area contributed by atoms with E-state index >= 15 is 0 Å². The summed E-state index contributed by atoms with van der Waals surface area (Å²) in [4.78, 5) is 35.1. The van der Waals surface area contributed by atoms with Gasteiger partial charge in [-0.3, -0.25) is 9.69 Å². The fourth-order valence-corrected chi connectivity index (χ4v) is 3.81. The van der Waals surface area contributed by atoms with Crippen LogP contribution in [0.15, 0.2) is 30.5 Å². The van der Waals surface area contributed by atoms with Crippen LogP contribution in [0, 0.1) is 23.6 Å². The monoisotopic (exact) mass is 554 g/mol. The molecule has 2 amide bonds. The summed E-state index contributed by atoms with van der Waals surface area (Å²) in [5, 5.41) is 9.28. The van der Waals surface area contributed by atoms with E-state index in [1.54, 1.807) is 60.2 Å². The highest BCUT2D eigenvalue weighted by Gasteiger charge is 2.33. The van der Waals surface area contributed by atoms with E-state index in [0.717, 1.165) is 6.42 Å². The van der Waals surface area contributed by atoms with Gasteiger partial charge in [-0.2, -0.15) is 4.98 Å². The Morgan fingerprint density at radius 3 is 2.70 bits per heavy atom. The lowest BCUT2D eigenvalue weighted by atomic mass is 9.80. The zero-order valence-electron chi connectivity index (χ0n) is 24.0. The highest BCUT2D eigenvalue weighted by molar-refractivity contribution is 5.85. The number of likely N-dealkylation sites (N-methyl/N-ethyl adjacent to an activating group) is 1. The standard InChI is InChI=1S/C29H39FN6O4/c1-19(36(5)28(38)40-29(2,3)4)26(37)33-24-15-20(16-24)11-12-21-18-32-27(34-23-10-7-9-22(30)17-23)35-25(21)31-13-8-14-39-6/h7,9-10,17-20,24H,8,13-16H2,1-6H3,(H,33,37)(H2,31,32,34,35)/t19-,20?,24?/m0/s1. The summed E-state index contributed by atoms with van der Waals surface area (Å²) >= 11 is 0. The van der Waals surface area contributed by atoms with Crippen LogP contribution in [0.2, 0.25) is 0 Å². The Hall–Kier alpha value is -3.91. The quantitative estimate of drug-likeness (QED) is 0.294. The number of anilines is 3. The Morgan fingerprint density at radius 2 is 2.02 bits per heavy atom. The molecule has 1 aromatic heterocycles. The summed E-state index contributed by atoms with van der Waals surface area (Å²) in [6, 6.07) is 5.40. The number of rotatable bonds is 10. The second-order valence-electron chi connectivity index (χ2n) is 10.8. The van der Waals surface area contributed by atoms with E-state index in [9.17, 15) is 14.0 Å². The van der Waals surface area contributed by atoms with E-state index in [4.69, 9.17) is 9.47 Å². The summed E-state index contributed by atoms with van der Waals surface area (Å²) in [5.41, 5.74) is 0.546. The first-order chi connectivity index (χ1) is 18.9. The minimum Gasteiger partial charge on any atom is -0.444 e. The maximum absolute atomic E-state index is 13.6. The third kappa shape index (κ3) is 9.38. The summed E-state index contributed by atoms with van der Waals surface area (Å²) in [5.74, 6) is 6.83. The molecule has 0 saturated heterocycles. The maximum Gasteiger partial charge on any atom is 0.410 e. The van der Waals surface area contributed by atoms with Gasteiger partial charge >= 0.3 is 6.09 Å². The number of aromatic nitrogens is 2. The summed E-state index contributed by atoms with van der Waals surface area (Å²) < 4.78 is 24.0. The molecule has 0 aliphatic heterocycles. The fraction of sp³-hybridized carbons (Fsp3) is 0.517. The Labute approximate surface area is 235 Å². The zero-order valence-corrected chi connectivity index (χ0v) is 24.0. The molecule has 1 heterocycles. The molecule has 1 saturated carbocycles. The topological polar surface area (TPSA) is 118 Å². The highest BCUT2D eigenvalue weighted by atomic mass is 19.1. The van der Waals surface area contributed by atoms with Gasteiger partial charge in [0.25, 0.3) is 0 Å². The molecule has 1 fully saturated rings. The molecule has 1 atom stereocenters. The zero-order chi connectivity index (χ0) is 29.3. The molecular weight excluding hydrogens is 515 g/mol. The predicted molar refractivity (Wildman–Crippen MR) is 152 cm³/mol. The van der Waals surface area contributed by atoms with Crippen LogP contribution in [0.3, 0.4) is 0 Å². The van der Waals surface area contributed by atoms with E-state index < -0.39 is 17.7 Å². The largest absolute Gasteiger partial charge is 0.444 e. The van der Waals surface area contributed by atoms with Crippen LogP contribution in [0.1, 0.15) is 52.5 Å². The Kier molecular flexibility index (Phi) is 10.7. The molecule has 11 heteroatoms. The van der Waals surface area contributed by atoms with Crippen LogP contribution >= 0.6 is 0 Å². The normalized spacial score (nSPS) is 17.0. The lowest BCUT2D eigenvalue weighted by Gasteiger charge is -2.34. The van der Waals surface area contributed by atoms with Crippen LogP contribution in [0.25, 0.3) is 0 Å². The third-order valence-electron chi connectivity index (χ3n) is 6.22.